The molecule has 162 valence electrons. The molecule has 0 spiro atoms. The van der Waals surface area contributed by atoms with E-state index in [1.54, 1.807) is 13.1 Å². The molecule has 3 aromatic rings. The summed E-state index contributed by atoms with van der Waals surface area (Å²) in [4.78, 5) is 20.3. The lowest BCUT2D eigenvalue weighted by Gasteiger charge is -2.30. The van der Waals surface area contributed by atoms with Gasteiger partial charge in [-0.15, -0.1) is 0 Å². The lowest BCUT2D eigenvalue weighted by Crippen LogP contribution is -2.42. The molecule has 0 bridgehead atoms. The van der Waals surface area contributed by atoms with E-state index in [2.05, 4.69) is 25.9 Å². The first-order chi connectivity index (χ1) is 15.0. The lowest BCUT2D eigenvalue weighted by atomic mass is 9.90. The zero-order valence-corrected chi connectivity index (χ0v) is 17.3. The van der Waals surface area contributed by atoms with Crippen LogP contribution < -0.4 is 27.4 Å². The fourth-order valence-corrected chi connectivity index (χ4v) is 4.05. The molecule has 9 heteroatoms. The number of nitrogens with zero attached hydrogens (tertiary/aromatic N) is 2. The van der Waals surface area contributed by atoms with Crippen molar-refractivity contribution in [1.82, 2.24) is 9.97 Å². The number of primary amides is 1. The van der Waals surface area contributed by atoms with Crippen LogP contribution >= 0.6 is 0 Å². The highest BCUT2D eigenvalue weighted by Gasteiger charge is 2.24. The monoisotopic (exact) mass is 423 g/mol. The van der Waals surface area contributed by atoms with Crippen LogP contribution in [-0.2, 0) is 0 Å². The van der Waals surface area contributed by atoms with E-state index in [4.69, 9.17) is 11.5 Å². The predicted octanol–water partition coefficient (Wildman–Crippen LogP) is 3.33. The van der Waals surface area contributed by atoms with Crippen molar-refractivity contribution in [3.05, 3.63) is 48.0 Å². The van der Waals surface area contributed by atoms with E-state index in [0.29, 0.717) is 22.3 Å². The molecule has 7 N–H and O–H groups in total. The largest absolute Gasteiger partial charge is 0.386 e. The molecule has 2 heterocycles. The van der Waals surface area contributed by atoms with Crippen LogP contribution in [0, 0.1) is 5.82 Å². The fraction of sp³-hybridized carbons (Fsp3) is 0.318. The number of hydrogen-bond donors (Lipinski definition) is 5. The number of rotatable bonds is 6. The van der Waals surface area contributed by atoms with Crippen LogP contribution in [0.4, 0.5) is 27.3 Å². The Hall–Kier alpha value is -3.46. The van der Waals surface area contributed by atoms with Crippen LogP contribution in [0.2, 0.25) is 0 Å². The molecule has 1 fully saturated rings. The average Bonchev–Trinajstić information content (AvgIpc) is 2.77. The highest BCUT2D eigenvalue weighted by molar-refractivity contribution is 6.02. The molecule has 0 radical (unpaired) electrons. The Morgan fingerprint density at radius 2 is 1.90 bits per heavy atom. The van der Waals surface area contributed by atoms with Gasteiger partial charge in [-0.25, -0.2) is 9.37 Å². The van der Waals surface area contributed by atoms with Crippen LogP contribution in [0.15, 0.2) is 36.7 Å². The van der Waals surface area contributed by atoms with Crippen molar-refractivity contribution in [1.29, 1.82) is 0 Å². The molecule has 2 aromatic heterocycles. The van der Waals surface area contributed by atoms with Crippen LogP contribution in [0.3, 0.4) is 0 Å². The van der Waals surface area contributed by atoms with E-state index < -0.39 is 11.7 Å². The number of anilines is 4. The minimum Gasteiger partial charge on any atom is -0.386 e. The van der Waals surface area contributed by atoms with Crippen molar-refractivity contribution < 1.29 is 9.18 Å². The Morgan fingerprint density at radius 3 is 2.65 bits per heavy atom. The number of aromatic nitrogens is 2. The summed E-state index contributed by atoms with van der Waals surface area (Å²) in [6.45, 7) is 0. The van der Waals surface area contributed by atoms with E-state index in [1.165, 1.54) is 18.5 Å². The van der Waals surface area contributed by atoms with Gasteiger partial charge in [0.1, 0.15) is 5.82 Å². The fourth-order valence-electron chi connectivity index (χ4n) is 4.05. The molecule has 2 unspecified atom stereocenters. The smallest absolute Gasteiger partial charge is 0.252 e. The zero-order valence-electron chi connectivity index (χ0n) is 17.3. The van der Waals surface area contributed by atoms with Crippen LogP contribution in [-0.4, -0.2) is 35.0 Å². The Morgan fingerprint density at radius 1 is 1.13 bits per heavy atom. The summed E-state index contributed by atoms with van der Waals surface area (Å²) >= 11 is 0. The Balaban J connectivity index is 1.79. The second kappa shape index (κ2) is 8.73. The molecule has 1 aliphatic carbocycles. The molecule has 31 heavy (non-hydrogen) atoms. The molecule has 1 aliphatic rings. The number of halogens is 1. The van der Waals surface area contributed by atoms with E-state index in [1.807, 2.05) is 12.1 Å². The maximum atomic E-state index is 15.8. The summed E-state index contributed by atoms with van der Waals surface area (Å²) in [5, 5.41) is 9.70. The van der Waals surface area contributed by atoms with Gasteiger partial charge in [0.2, 0.25) is 0 Å². The molecule has 0 saturated heterocycles. The Labute approximate surface area is 179 Å². The van der Waals surface area contributed by atoms with Gasteiger partial charge in [0.05, 0.1) is 34.0 Å². The van der Waals surface area contributed by atoms with Gasteiger partial charge in [0.25, 0.3) is 5.91 Å². The van der Waals surface area contributed by atoms with Gasteiger partial charge >= 0.3 is 0 Å². The van der Waals surface area contributed by atoms with Gasteiger partial charge in [-0.2, -0.15) is 0 Å². The van der Waals surface area contributed by atoms with Crippen molar-refractivity contribution >= 4 is 39.7 Å². The van der Waals surface area contributed by atoms with Gasteiger partial charge in [-0.1, -0.05) is 12.8 Å². The number of amides is 1. The van der Waals surface area contributed by atoms with E-state index in [9.17, 15) is 4.79 Å². The first-order valence-corrected chi connectivity index (χ1v) is 10.3. The molecule has 1 aromatic carbocycles. The zero-order chi connectivity index (χ0) is 22.0. The number of fused-ring (bicyclic) bond motifs is 1. The molecule has 1 saturated carbocycles. The lowest BCUT2D eigenvalue weighted by molar-refractivity contribution is 0.100. The third-order valence-corrected chi connectivity index (χ3v) is 5.71. The molecule has 0 aliphatic heterocycles. The number of nitrogens with two attached hydrogens (primary N) is 2. The molecule has 8 nitrogen and oxygen atoms in total. The maximum Gasteiger partial charge on any atom is 0.252 e. The number of benzene rings is 1. The van der Waals surface area contributed by atoms with Gasteiger partial charge in [-0.05, 0) is 37.1 Å². The van der Waals surface area contributed by atoms with Gasteiger partial charge in [0.15, 0.2) is 5.82 Å². The molecule has 1 amide bonds. The number of carbonyl (C=O) groups is 1. The standard InChI is InChI=1S/C22H26FN7O/c1-26-16-9-8-15(29-14-7-3-2-6-13(14)24)18-19(23)17(11-28-20(16)18)30-22-12(21(25)31)5-4-10-27-22/h4-5,8-11,13-14,26,29H,2-3,6-7,24H2,1H3,(H2,25,31)(H,27,30). The Kier molecular flexibility index (Phi) is 5.85. The second-order valence-corrected chi connectivity index (χ2v) is 7.71. The van der Waals surface area contributed by atoms with Crippen molar-refractivity contribution in [3.63, 3.8) is 0 Å². The molecular formula is C22H26FN7O. The highest BCUT2D eigenvalue weighted by Crippen LogP contribution is 2.36. The number of nitrogens with one attached hydrogen (secondary N) is 3. The van der Waals surface area contributed by atoms with Gasteiger partial charge < -0.3 is 27.4 Å². The van der Waals surface area contributed by atoms with E-state index in [0.717, 1.165) is 25.7 Å². The number of pyridine rings is 2. The van der Waals surface area contributed by atoms with E-state index >= 15 is 4.39 Å². The van der Waals surface area contributed by atoms with Gasteiger partial charge in [0, 0.05) is 31.0 Å². The van der Waals surface area contributed by atoms with Gasteiger partial charge in [-0.3, -0.25) is 9.78 Å². The molecule has 4 rings (SSSR count). The summed E-state index contributed by atoms with van der Waals surface area (Å²) in [6, 6.07) is 6.89. The van der Waals surface area contributed by atoms with Crippen molar-refractivity contribution in [2.75, 3.05) is 23.0 Å². The third kappa shape index (κ3) is 4.09. The molecular weight excluding hydrogens is 397 g/mol. The van der Waals surface area contributed by atoms with E-state index in [-0.39, 0.29) is 29.2 Å². The first-order valence-electron chi connectivity index (χ1n) is 10.3. The summed E-state index contributed by atoms with van der Waals surface area (Å²) in [7, 11) is 1.76. The van der Waals surface area contributed by atoms with Crippen molar-refractivity contribution in [2.24, 2.45) is 11.5 Å². The van der Waals surface area contributed by atoms with Crippen LogP contribution in [0.5, 0.6) is 0 Å². The SMILES string of the molecule is CNc1ccc(NC2CCCCC2N)c2c(F)c(Nc3ncccc3C(N)=O)cnc12. The third-order valence-electron chi connectivity index (χ3n) is 5.71. The van der Waals surface area contributed by atoms with Crippen molar-refractivity contribution in [2.45, 2.75) is 37.8 Å². The topological polar surface area (TPSA) is 131 Å². The summed E-state index contributed by atoms with van der Waals surface area (Å²) in [5.74, 6) is -0.991. The number of hydrogen-bond acceptors (Lipinski definition) is 7. The summed E-state index contributed by atoms with van der Waals surface area (Å²) in [6.07, 6.45) is 6.94. The minimum absolute atomic E-state index is 0.0109. The summed E-state index contributed by atoms with van der Waals surface area (Å²) < 4.78 is 15.8. The van der Waals surface area contributed by atoms with Crippen LogP contribution in [0.1, 0.15) is 36.0 Å². The second-order valence-electron chi connectivity index (χ2n) is 7.71. The summed E-state index contributed by atoms with van der Waals surface area (Å²) in [5.41, 5.74) is 13.8. The Bertz CT molecular complexity index is 1120. The van der Waals surface area contributed by atoms with Crippen LogP contribution in [0.25, 0.3) is 10.9 Å². The van der Waals surface area contributed by atoms with Crippen molar-refractivity contribution in [3.8, 4) is 0 Å². The predicted molar refractivity (Wildman–Crippen MR) is 121 cm³/mol. The average molecular weight is 423 g/mol. The quantitative estimate of drug-likeness (QED) is 0.411. The number of carbonyl (C=O) groups excluding carboxylic acids is 1. The molecule has 2 atom stereocenters. The normalized spacial score (nSPS) is 18.5. The first kappa shape index (κ1) is 20.8. The highest BCUT2D eigenvalue weighted by atomic mass is 19.1. The maximum absolute atomic E-state index is 15.8. The minimum atomic E-state index is -0.657.